The van der Waals surface area contributed by atoms with Gasteiger partial charge in [0.2, 0.25) is 10.0 Å². The third-order valence-corrected chi connectivity index (χ3v) is 8.98. The first-order chi connectivity index (χ1) is 16.6. The van der Waals surface area contributed by atoms with Gasteiger partial charge in [0.15, 0.2) is 0 Å². The predicted octanol–water partition coefficient (Wildman–Crippen LogP) is 5.66. The van der Waals surface area contributed by atoms with E-state index >= 15 is 0 Å². The summed E-state index contributed by atoms with van der Waals surface area (Å²) in [6.07, 6.45) is 4.30. The summed E-state index contributed by atoms with van der Waals surface area (Å²) in [7, 11) is -3.64. The topological polar surface area (TPSA) is 76.6 Å². The van der Waals surface area contributed by atoms with Crippen LogP contribution in [-0.2, 0) is 26.9 Å². The van der Waals surface area contributed by atoms with E-state index in [1.807, 2.05) is 45.0 Å². The van der Waals surface area contributed by atoms with Gasteiger partial charge in [-0.3, -0.25) is 4.98 Å². The zero-order chi connectivity index (χ0) is 25.3. The number of ether oxygens (including phenoxy) is 1. The fourth-order valence-electron chi connectivity index (χ4n) is 3.31. The number of carbonyl (C=O) groups is 1. The molecule has 0 N–H and O–H groups in total. The van der Waals surface area contributed by atoms with Crippen LogP contribution in [0.2, 0.25) is 0 Å². The molecule has 0 amide bonds. The van der Waals surface area contributed by atoms with Gasteiger partial charge in [0.05, 0.1) is 0 Å². The van der Waals surface area contributed by atoms with Crippen molar-refractivity contribution in [3.8, 4) is 0 Å². The van der Waals surface area contributed by atoms with E-state index in [1.54, 1.807) is 40.5 Å². The molecule has 3 aromatic rings. The van der Waals surface area contributed by atoms with Crippen LogP contribution < -0.4 is 0 Å². The molecule has 3 rings (SSSR count). The first-order valence-corrected chi connectivity index (χ1v) is 14.9. The first-order valence-electron chi connectivity index (χ1n) is 11.5. The zero-order valence-electron chi connectivity index (χ0n) is 20.3. The monoisotopic (exact) mass is 532 g/mol. The molecule has 2 aromatic heterocycles. The second-order valence-electron chi connectivity index (χ2n) is 9.00. The summed E-state index contributed by atoms with van der Waals surface area (Å²) in [5.41, 5.74) is 0.679. The Morgan fingerprint density at radius 2 is 1.83 bits per heavy atom. The largest absolute Gasteiger partial charge is 0.456 e. The van der Waals surface area contributed by atoms with Gasteiger partial charge in [0.1, 0.15) is 15.4 Å². The molecule has 35 heavy (non-hydrogen) atoms. The number of nitrogens with zero attached hydrogens (tertiary/aromatic N) is 2. The van der Waals surface area contributed by atoms with Crippen LogP contribution in [0.1, 0.15) is 47.3 Å². The lowest BCUT2D eigenvalue weighted by Crippen LogP contribution is -2.34. The summed E-state index contributed by atoms with van der Waals surface area (Å²) in [5.74, 6) is 1.20. The van der Waals surface area contributed by atoms with Gasteiger partial charge in [-0.15, -0.1) is 11.3 Å². The second-order valence-corrected chi connectivity index (χ2v) is 13.2. The Balaban J connectivity index is 1.60. The third-order valence-electron chi connectivity index (χ3n) is 4.96. The molecule has 0 aliphatic carbocycles. The number of carbonyl (C=O) groups excluding carboxylic acids is 1. The van der Waals surface area contributed by atoms with Crippen molar-refractivity contribution in [3.05, 3.63) is 82.3 Å². The smallest absolute Gasteiger partial charge is 0.348 e. The summed E-state index contributed by atoms with van der Waals surface area (Å²) in [6.45, 7) is 6.34. The molecular formula is C26H32N2O4S3. The Kier molecular flexibility index (Phi) is 9.91. The van der Waals surface area contributed by atoms with Gasteiger partial charge in [0, 0.05) is 41.9 Å². The minimum atomic E-state index is -3.64. The fourth-order valence-corrected chi connectivity index (χ4v) is 6.72. The fraction of sp³-hybridized carbons (Fsp3) is 0.385. The SMILES string of the molecule is CC(C)(C)OC(=O)c1ccc(CCCN(CCSCc2ccccc2)S(=O)(=O)c2cccnc2)s1. The molecule has 0 unspecified atom stereocenters. The molecule has 1 aromatic carbocycles. The van der Waals surface area contributed by atoms with E-state index in [0.717, 1.165) is 10.6 Å². The molecule has 6 nitrogen and oxygen atoms in total. The highest BCUT2D eigenvalue weighted by atomic mass is 32.2. The van der Waals surface area contributed by atoms with Crippen molar-refractivity contribution in [3.63, 3.8) is 0 Å². The van der Waals surface area contributed by atoms with Crippen LogP contribution in [0.25, 0.3) is 0 Å². The van der Waals surface area contributed by atoms with Crippen molar-refractivity contribution < 1.29 is 17.9 Å². The number of sulfonamides is 1. The number of hydrogen-bond acceptors (Lipinski definition) is 7. The average molecular weight is 533 g/mol. The molecule has 0 saturated carbocycles. The second kappa shape index (κ2) is 12.7. The normalized spacial score (nSPS) is 12.1. The molecule has 0 atom stereocenters. The van der Waals surface area contributed by atoms with Crippen LogP contribution >= 0.6 is 23.1 Å². The minimum Gasteiger partial charge on any atom is -0.456 e. The quantitative estimate of drug-likeness (QED) is 0.221. The Morgan fingerprint density at radius 3 is 2.51 bits per heavy atom. The number of benzene rings is 1. The van der Waals surface area contributed by atoms with Crippen molar-refractivity contribution in [1.29, 1.82) is 0 Å². The maximum Gasteiger partial charge on any atom is 0.348 e. The lowest BCUT2D eigenvalue weighted by Gasteiger charge is -2.22. The number of esters is 1. The minimum absolute atomic E-state index is 0.205. The van der Waals surface area contributed by atoms with E-state index in [2.05, 4.69) is 17.1 Å². The highest BCUT2D eigenvalue weighted by molar-refractivity contribution is 7.98. The van der Waals surface area contributed by atoms with E-state index in [4.69, 9.17) is 4.74 Å². The molecule has 0 fully saturated rings. The number of pyridine rings is 1. The Labute approximate surface area is 216 Å². The maximum atomic E-state index is 13.3. The average Bonchev–Trinajstić information content (AvgIpc) is 3.30. The van der Waals surface area contributed by atoms with Crippen LogP contribution in [0.4, 0.5) is 0 Å². The van der Waals surface area contributed by atoms with Crippen LogP contribution in [0.3, 0.4) is 0 Å². The number of aryl methyl sites for hydroxylation is 1. The predicted molar refractivity (Wildman–Crippen MR) is 143 cm³/mol. The Hall–Kier alpha value is -2.20. The first kappa shape index (κ1) is 27.4. The Bertz CT molecular complexity index is 1170. The number of thiophene rings is 1. The maximum absolute atomic E-state index is 13.3. The highest BCUT2D eigenvalue weighted by Gasteiger charge is 2.24. The van der Waals surface area contributed by atoms with Crippen LogP contribution in [-0.4, -0.2) is 48.1 Å². The molecule has 9 heteroatoms. The van der Waals surface area contributed by atoms with Crippen molar-refractivity contribution in [2.75, 3.05) is 18.8 Å². The zero-order valence-corrected chi connectivity index (χ0v) is 22.8. The van der Waals surface area contributed by atoms with E-state index in [0.29, 0.717) is 36.6 Å². The van der Waals surface area contributed by atoms with Crippen molar-refractivity contribution in [2.24, 2.45) is 0 Å². The summed E-state index contributed by atoms with van der Waals surface area (Å²) in [4.78, 5) is 18.1. The molecule has 0 radical (unpaired) electrons. The number of rotatable bonds is 12. The van der Waals surface area contributed by atoms with Crippen LogP contribution in [0.5, 0.6) is 0 Å². The Morgan fingerprint density at radius 1 is 1.06 bits per heavy atom. The standard InChI is InChI=1S/C26H32N2O4S3/c1-26(2,3)32-25(29)24-14-13-22(34-24)11-8-16-28(35(30,31)23-12-7-15-27-19-23)17-18-33-20-21-9-5-4-6-10-21/h4-7,9-10,12-15,19H,8,11,16-18,20H2,1-3H3. The van der Waals surface area contributed by atoms with Crippen molar-refractivity contribution in [2.45, 2.75) is 49.9 Å². The van der Waals surface area contributed by atoms with Gasteiger partial charge in [-0.05, 0) is 63.4 Å². The lowest BCUT2D eigenvalue weighted by atomic mass is 10.2. The van der Waals surface area contributed by atoms with Gasteiger partial charge in [-0.1, -0.05) is 30.3 Å². The molecule has 0 aliphatic rings. The summed E-state index contributed by atoms with van der Waals surface area (Å²) < 4.78 is 33.5. The number of hydrogen-bond donors (Lipinski definition) is 0. The van der Waals surface area contributed by atoms with Crippen LogP contribution in [0, 0.1) is 0 Å². The highest BCUT2D eigenvalue weighted by Crippen LogP contribution is 2.23. The molecule has 0 aliphatic heterocycles. The van der Waals surface area contributed by atoms with Gasteiger partial charge in [-0.25, -0.2) is 13.2 Å². The van der Waals surface area contributed by atoms with E-state index in [-0.39, 0.29) is 10.9 Å². The van der Waals surface area contributed by atoms with Gasteiger partial charge >= 0.3 is 5.97 Å². The van der Waals surface area contributed by atoms with Gasteiger partial charge in [0.25, 0.3) is 0 Å². The summed E-state index contributed by atoms with van der Waals surface area (Å²) in [6, 6.07) is 17.1. The number of thioether (sulfide) groups is 1. The summed E-state index contributed by atoms with van der Waals surface area (Å²) in [5, 5.41) is 0. The molecule has 2 heterocycles. The summed E-state index contributed by atoms with van der Waals surface area (Å²) >= 11 is 3.12. The van der Waals surface area contributed by atoms with Gasteiger partial charge < -0.3 is 4.74 Å². The van der Waals surface area contributed by atoms with Gasteiger partial charge in [-0.2, -0.15) is 16.1 Å². The third kappa shape index (κ3) is 8.75. The number of aromatic nitrogens is 1. The molecular weight excluding hydrogens is 500 g/mol. The lowest BCUT2D eigenvalue weighted by molar-refractivity contribution is 0.00752. The van der Waals surface area contributed by atoms with E-state index in [1.165, 1.54) is 23.1 Å². The molecule has 0 spiro atoms. The molecule has 0 saturated heterocycles. The molecule has 188 valence electrons. The van der Waals surface area contributed by atoms with E-state index in [9.17, 15) is 13.2 Å². The molecule has 0 bridgehead atoms. The van der Waals surface area contributed by atoms with Crippen molar-refractivity contribution >= 4 is 39.1 Å². The van der Waals surface area contributed by atoms with Crippen LogP contribution in [0.15, 0.2) is 71.9 Å². The van der Waals surface area contributed by atoms with Crippen molar-refractivity contribution in [1.82, 2.24) is 9.29 Å². The van der Waals surface area contributed by atoms with E-state index < -0.39 is 15.6 Å².